The molecule has 1 aliphatic heterocycles. The van der Waals surface area contributed by atoms with E-state index in [4.69, 9.17) is 19.8 Å². The Morgan fingerprint density at radius 2 is 1.70 bits per heavy atom. The maximum Gasteiger partial charge on any atom is 0.226 e. The first-order chi connectivity index (χ1) is 19.7. The van der Waals surface area contributed by atoms with Gasteiger partial charge in [-0.2, -0.15) is 15.1 Å². The van der Waals surface area contributed by atoms with Crippen LogP contribution in [0.15, 0.2) is 85.1 Å². The molecule has 3 aromatic carbocycles. The third kappa shape index (κ3) is 4.62. The molecule has 7 rings (SSSR count). The number of methoxy groups -OCH3 is 1. The van der Waals surface area contributed by atoms with Crippen LogP contribution in [0.3, 0.4) is 0 Å². The van der Waals surface area contributed by atoms with Gasteiger partial charge in [-0.15, -0.1) is 0 Å². The molecule has 40 heavy (non-hydrogen) atoms. The van der Waals surface area contributed by atoms with Gasteiger partial charge in [-0.25, -0.2) is 4.68 Å². The minimum Gasteiger partial charge on any atom is -0.497 e. The van der Waals surface area contributed by atoms with Crippen LogP contribution in [0.4, 0.5) is 11.8 Å². The summed E-state index contributed by atoms with van der Waals surface area (Å²) >= 11 is 0. The smallest absolute Gasteiger partial charge is 0.226 e. The summed E-state index contributed by atoms with van der Waals surface area (Å²) < 4.78 is 7.39. The van der Waals surface area contributed by atoms with Gasteiger partial charge in [-0.05, 0) is 41.3 Å². The SMILES string of the molecule is COc1ccc(CN2CCc3nn(Cc4ccccc4)c4nc(NCCc5c[nH]c6ccccc56)nc2c34)cc1. The Morgan fingerprint density at radius 1 is 0.900 bits per heavy atom. The maximum absolute atomic E-state index is 5.35. The molecule has 8 heteroatoms. The van der Waals surface area contributed by atoms with E-state index >= 15 is 0 Å². The number of para-hydroxylation sites is 1. The van der Waals surface area contributed by atoms with Crippen molar-refractivity contribution in [2.75, 3.05) is 30.4 Å². The Morgan fingerprint density at radius 3 is 2.55 bits per heavy atom. The van der Waals surface area contributed by atoms with Gasteiger partial charge < -0.3 is 19.9 Å². The summed E-state index contributed by atoms with van der Waals surface area (Å²) in [6.45, 7) is 3.00. The fourth-order valence-corrected chi connectivity index (χ4v) is 5.57. The molecular formula is C32H31N7O. The lowest BCUT2D eigenvalue weighted by Gasteiger charge is -2.28. The van der Waals surface area contributed by atoms with E-state index in [9.17, 15) is 0 Å². The van der Waals surface area contributed by atoms with E-state index < -0.39 is 0 Å². The number of aromatic nitrogens is 5. The molecule has 200 valence electrons. The summed E-state index contributed by atoms with van der Waals surface area (Å²) in [4.78, 5) is 15.8. The predicted octanol–water partition coefficient (Wildman–Crippen LogP) is 5.58. The summed E-state index contributed by atoms with van der Waals surface area (Å²) in [6.07, 6.45) is 3.82. The van der Waals surface area contributed by atoms with Gasteiger partial charge in [0.25, 0.3) is 0 Å². The average molecular weight is 530 g/mol. The zero-order valence-corrected chi connectivity index (χ0v) is 22.5. The molecule has 0 fully saturated rings. The zero-order chi connectivity index (χ0) is 26.9. The van der Waals surface area contributed by atoms with Crippen molar-refractivity contribution in [2.24, 2.45) is 0 Å². The molecule has 0 bridgehead atoms. The molecule has 0 radical (unpaired) electrons. The molecule has 1 aliphatic rings. The summed E-state index contributed by atoms with van der Waals surface area (Å²) in [5, 5.41) is 10.8. The topological polar surface area (TPSA) is 83.9 Å². The highest BCUT2D eigenvalue weighted by Gasteiger charge is 2.27. The van der Waals surface area contributed by atoms with Crippen LogP contribution in [0.25, 0.3) is 21.9 Å². The maximum atomic E-state index is 5.35. The highest BCUT2D eigenvalue weighted by atomic mass is 16.5. The van der Waals surface area contributed by atoms with E-state index in [2.05, 4.69) is 82.1 Å². The van der Waals surface area contributed by atoms with Crippen molar-refractivity contribution >= 4 is 33.7 Å². The van der Waals surface area contributed by atoms with Crippen LogP contribution in [0.5, 0.6) is 5.75 Å². The lowest BCUT2D eigenvalue weighted by molar-refractivity contribution is 0.414. The summed E-state index contributed by atoms with van der Waals surface area (Å²) in [5.41, 5.74) is 6.78. The fourth-order valence-electron chi connectivity index (χ4n) is 5.57. The molecule has 4 heterocycles. The number of rotatable bonds is 9. The zero-order valence-electron chi connectivity index (χ0n) is 22.5. The first-order valence-corrected chi connectivity index (χ1v) is 13.7. The number of hydrogen-bond acceptors (Lipinski definition) is 6. The van der Waals surface area contributed by atoms with Gasteiger partial charge in [0, 0.05) is 43.2 Å². The number of hydrogen-bond donors (Lipinski definition) is 2. The van der Waals surface area contributed by atoms with E-state index in [1.807, 2.05) is 22.9 Å². The minimum atomic E-state index is 0.629. The normalized spacial score (nSPS) is 12.8. The number of fused-ring (bicyclic) bond motifs is 1. The van der Waals surface area contributed by atoms with Crippen LogP contribution < -0.4 is 15.0 Å². The third-order valence-electron chi connectivity index (χ3n) is 7.62. The third-order valence-corrected chi connectivity index (χ3v) is 7.62. The largest absolute Gasteiger partial charge is 0.497 e. The molecule has 0 saturated heterocycles. The van der Waals surface area contributed by atoms with Gasteiger partial charge in [0.05, 0.1) is 24.7 Å². The second-order valence-electron chi connectivity index (χ2n) is 10.2. The highest BCUT2D eigenvalue weighted by Crippen LogP contribution is 2.34. The summed E-state index contributed by atoms with van der Waals surface area (Å²) in [6, 6.07) is 27.1. The van der Waals surface area contributed by atoms with Crippen LogP contribution in [0.1, 0.15) is 22.4 Å². The quantitative estimate of drug-likeness (QED) is 0.254. The van der Waals surface area contributed by atoms with Crippen LogP contribution in [-0.4, -0.2) is 44.9 Å². The Kier molecular flexibility index (Phi) is 6.28. The highest BCUT2D eigenvalue weighted by molar-refractivity contribution is 5.92. The number of ether oxygens (including phenoxy) is 1. The van der Waals surface area contributed by atoms with Gasteiger partial charge in [-0.3, -0.25) is 0 Å². The standard InChI is InChI=1S/C32H31N7O/c1-40-25-13-11-23(12-14-25)20-38-18-16-28-29-30(38)35-32(33-17-15-24-19-34-27-10-6-5-9-26(24)27)36-31(29)39(37-28)21-22-7-3-2-4-8-22/h2-14,19,34H,15-18,20-21H2,1H3,(H,33,35,36). The molecular weight excluding hydrogens is 498 g/mol. The second-order valence-corrected chi connectivity index (χ2v) is 10.2. The first-order valence-electron chi connectivity index (χ1n) is 13.7. The van der Waals surface area contributed by atoms with E-state index in [1.54, 1.807) is 7.11 Å². The number of benzene rings is 3. The molecule has 0 aliphatic carbocycles. The molecule has 0 spiro atoms. The van der Waals surface area contributed by atoms with Crippen LogP contribution in [0, 0.1) is 0 Å². The van der Waals surface area contributed by atoms with Crippen molar-refractivity contribution < 1.29 is 4.74 Å². The van der Waals surface area contributed by atoms with Crippen LogP contribution >= 0.6 is 0 Å². The van der Waals surface area contributed by atoms with Gasteiger partial charge in [-0.1, -0.05) is 60.7 Å². The first kappa shape index (κ1) is 24.2. The monoisotopic (exact) mass is 529 g/mol. The lowest BCUT2D eigenvalue weighted by atomic mass is 10.1. The van der Waals surface area contributed by atoms with Crippen molar-refractivity contribution in [3.05, 3.63) is 107 Å². The molecule has 3 aromatic heterocycles. The number of nitrogens with zero attached hydrogens (tertiary/aromatic N) is 5. The Bertz CT molecular complexity index is 1770. The molecule has 6 aromatic rings. The molecule has 0 saturated carbocycles. The van der Waals surface area contributed by atoms with E-state index in [1.165, 1.54) is 22.1 Å². The lowest BCUT2D eigenvalue weighted by Crippen LogP contribution is -2.29. The van der Waals surface area contributed by atoms with Crippen molar-refractivity contribution in [3.63, 3.8) is 0 Å². The number of anilines is 2. The van der Waals surface area contributed by atoms with Crippen molar-refractivity contribution in [1.82, 2.24) is 24.7 Å². The number of nitrogens with one attached hydrogen (secondary N) is 2. The van der Waals surface area contributed by atoms with Crippen LogP contribution in [-0.2, 0) is 25.9 Å². The van der Waals surface area contributed by atoms with Crippen LogP contribution in [0.2, 0.25) is 0 Å². The molecule has 0 unspecified atom stereocenters. The summed E-state index contributed by atoms with van der Waals surface area (Å²) in [7, 11) is 1.69. The van der Waals surface area contributed by atoms with Crippen molar-refractivity contribution in [1.29, 1.82) is 0 Å². The fraction of sp³-hybridized carbons (Fsp3) is 0.219. The molecule has 8 nitrogen and oxygen atoms in total. The molecule has 0 amide bonds. The Labute approximate surface area is 232 Å². The van der Waals surface area contributed by atoms with Gasteiger partial charge in [0.2, 0.25) is 5.95 Å². The van der Waals surface area contributed by atoms with Gasteiger partial charge >= 0.3 is 0 Å². The van der Waals surface area contributed by atoms with Crippen molar-refractivity contribution in [3.8, 4) is 5.75 Å². The Hall–Kier alpha value is -4.85. The van der Waals surface area contributed by atoms with E-state index in [-0.39, 0.29) is 0 Å². The number of H-pyrrole nitrogens is 1. The van der Waals surface area contributed by atoms with E-state index in [0.717, 1.165) is 66.3 Å². The molecule has 0 atom stereocenters. The molecule has 2 N–H and O–H groups in total. The van der Waals surface area contributed by atoms with Crippen molar-refractivity contribution in [2.45, 2.75) is 25.9 Å². The minimum absolute atomic E-state index is 0.629. The number of aromatic amines is 1. The van der Waals surface area contributed by atoms with Gasteiger partial charge in [0.15, 0.2) is 5.65 Å². The van der Waals surface area contributed by atoms with Gasteiger partial charge in [0.1, 0.15) is 11.6 Å². The second kappa shape index (κ2) is 10.4. The Balaban J connectivity index is 1.21. The predicted molar refractivity (Wildman–Crippen MR) is 159 cm³/mol. The van der Waals surface area contributed by atoms with E-state index in [0.29, 0.717) is 12.5 Å². The summed E-state index contributed by atoms with van der Waals surface area (Å²) in [5.74, 6) is 2.43. The average Bonchev–Trinajstić information content (AvgIpc) is 3.57.